The minimum Gasteiger partial charge on any atom is -0.258 e. The lowest BCUT2D eigenvalue weighted by Crippen LogP contribution is -2.06. The summed E-state index contributed by atoms with van der Waals surface area (Å²) in [5.74, 6) is 0. The van der Waals surface area contributed by atoms with Crippen LogP contribution >= 0.6 is 11.6 Å². The smallest absolute Gasteiger partial charge is 0.258 e. The summed E-state index contributed by atoms with van der Waals surface area (Å²) in [5.41, 5.74) is -2.06. The Morgan fingerprint density at radius 1 is 1.43 bits per heavy atom. The van der Waals surface area contributed by atoms with E-state index in [2.05, 4.69) is 0 Å². The predicted octanol–water partition coefficient (Wildman–Crippen LogP) is 3.07. The second-order valence-corrected chi connectivity index (χ2v) is 2.70. The van der Waals surface area contributed by atoms with E-state index in [-0.39, 0.29) is 0 Å². The fourth-order valence-corrected chi connectivity index (χ4v) is 1.09. The van der Waals surface area contributed by atoms with Gasteiger partial charge >= 0.3 is 6.18 Å². The molecule has 7 heteroatoms. The van der Waals surface area contributed by atoms with Gasteiger partial charge in [-0.15, -0.1) is 0 Å². The van der Waals surface area contributed by atoms with Crippen molar-refractivity contribution in [1.29, 1.82) is 0 Å². The van der Waals surface area contributed by atoms with Crippen LogP contribution in [0.2, 0.25) is 5.02 Å². The van der Waals surface area contributed by atoms with Crippen LogP contribution in [0.5, 0.6) is 0 Å². The van der Waals surface area contributed by atoms with Crippen molar-refractivity contribution in [3.05, 3.63) is 38.9 Å². The van der Waals surface area contributed by atoms with Gasteiger partial charge in [0.05, 0.1) is 10.5 Å². The molecule has 1 rings (SSSR count). The van der Waals surface area contributed by atoms with Crippen molar-refractivity contribution in [2.45, 2.75) is 6.18 Å². The van der Waals surface area contributed by atoms with Gasteiger partial charge in [-0.1, -0.05) is 11.6 Å². The molecule has 75 valence electrons. The van der Waals surface area contributed by atoms with E-state index in [4.69, 9.17) is 11.6 Å². The van der Waals surface area contributed by atoms with Gasteiger partial charge in [-0.2, -0.15) is 13.2 Å². The number of alkyl halides is 3. The normalized spacial score (nSPS) is 11.4. The molecule has 0 saturated carbocycles. The summed E-state index contributed by atoms with van der Waals surface area (Å²) in [7, 11) is 0. The molecule has 0 aliphatic carbocycles. The third-order valence-electron chi connectivity index (χ3n) is 1.41. The Labute approximate surface area is 81.2 Å². The van der Waals surface area contributed by atoms with Gasteiger partial charge in [0.15, 0.2) is 0 Å². The summed E-state index contributed by atoms with van der Waals surface area (Å²) >= 11 is 5.21. The highest BCUT2D eigenvalue weighted by Crippen LogP contribution is 2.38. The van der Waals surface area contributed by atoms with Gasteiger partial charge in [0.2, 0.25) is 0 Å². The lowest BCUT2D eigenvalue weighted by Gasteiger charge is -2.07. The van der Waals surface area contributed by atoms with Crippen LogP contribution in [0.15, 0.2) is 12.1 Å². The fraction of sp³-hybridized carbons (Fsp3) is 0.143. The van der Waals surface area contributed by atoms with Crippen molar-refractivity contribution in [2.75, 3.05) is 0 Å². The van der Waals surface area contributed by atoms with E-state index < -0.39 is 27.4 Å². The van der Waals surface area contributed by atoms with E-state index in [1.165, 1.54) is 0 Å². The number of hydrogen-bond donors (Lipinski definition) is 0. The monoisotopic (exact) mass is 224 g/mol. The first-order valence-corrected chi connectivity index (χ1v) is 3.63. The standard InChI is InChI=1S/C7H2ClF3NO2/c8-6-4(7(9,10)11)2-1-3-5(6)12(13)14/h2-3H. The van der Waals surface area contributed by atoms with Gasteiger partial charge in [-0.25, -0.2) is 0 Å². The van der Waals surface area contributed by atoms with Crippen LogP contribution in [0.3, 0.4) is 0 Å². The number of benzene rings is 1. The van der Waals surface area contributed by atoms with Crippen molar-refractivity contribution < 1.29 is 18.1 Å². The molecule has 0 aromatic heterocycles. The second-order valence-electron chi connectivity index (χ2n) is 2.32. The molecule has 14 heavy (non-hydrogen) atoms. The average molecular weight is 225 g/mol. The Bertz CT molecular complexity index is 378. The molecular formula is C7H2ClF3NO2. The Balaban J connectivity index is 3.35. The van der Waals surface area contributed by atoms with Gasteiger partial charge in [0.1, 0.15) is 5.02 Å². The highest BCUT2D eigenvalue weighted by Gasteiger charge is 2.36. The van der Waals surface area contributed by atoms with Gasteiger partial charge in [0, 0.05) is 6.07 Å². The van der Waals surface area contributed by atoms with Gasteiger partial charge in [-0.3, -0.25) is 10.1 Å². The zero-order chi connectivity index (χ0) is 10.9. The van der Waals surface area contributed by atoms with Gasteiger partial charge in [-0.05, 0) is 12.1 Å². The van der Waals surface area contributed by atoms with Crippen molar-refractivity contribution in [3.8, 4) is 0 Å². The van der Waals surface area contributed by atoms with Crippen LogP contribution in [-0.2, 0) is 6.18 Å². The van der Waals surface area contributed by atoms with E-state index in [0.29, 0.717) is 6.07 Å². The number of rotatable bonds is 1. The van der Waals surface area contributed by atoms with Crippen LogP contribution in [0, 0.1) is 16.2 Å². The predicted molar refractivity (Wildman–Crippen MR) is 41.9 cm³/mol. The molecule has 0 spiro atoms. The van der Waals surface area contributed by atoms with E-state index in [1.807, 2.05) is 6.07 Å². The number of nitro groups is 1. The molecule has 0 N–H and O–H groups in total. The highest BCUT2D eigenvalue weighted by atomic mass is 35.5. The zero-order valence-electron chi connectivity index (χ0n) is 6.43. The van der Waals surface area contributed by atoms with Crippen molar-refractivity contribution in [3.63, 3.8) is 0 Å². The first-order valence-electron chi connectivity index (χ1n) is 3.25. The third kappa shape index (κ3) is 1.95. The number of nitrogens with zero attached hydrogens (tertiary/aromatic N) is 1. The van der Waals surface area contributed by atoms with Crippen LogP contribution in [-0.4, -0.2) is 4.92 Å². The summed E-state index contributed by atoms with van der Waals surface area (Å²) < 4.78 is 36.5. The molecule has 0 atom stereocenters. The molecule has 0 bridgehead atoms. The van der Waals surface area contributed by atoms with Crippen LogP contribution < -0.4 is 0 Å². The molecule has 0 amide bonds. The first kappa shape index (κ1) is 10.8. The van der Waals surface area contributed by atoms with Crippen LogP contribution in [0.25, 0.3) is 0 Å². The summed E-state index contributed by atoms with van der Waals surface area (Å²) in [6.45, 7) is 0. The van der Waals surface area contributed by atoms with Crippen molar-refractivity contribution >= 4 is 17.3 Å². The third-order valence-corrected chi connectivity index (χ3v) is 1.81. The second kappa shape index (κ2) is 3.45. The summed E-state index contributed by atoms with van der Waals surface area (Å²) in [4.78, 5) is 9.24. The van der Waals surface area contributed by atoms with Crippen LogP contribution in [0.4, 0.5) is 18.9 Å². The minimum atomic E-state index is -4.71. The Morgan fingerprint density at radius 2 is 2.00 bits per heavy atom. The minimum absolute atomic E-state index is 0.565. The molecule has 1 radical (unpaired) electrons. The van der Waals surface area contributed by atoms with Crippen molar-refractivity contribution in [1.82, 2.24) is 0 Å². The van der Waals surface area contributed by atoms with E-state index >= 15 is 0 Å². The van der Waals surface area contributed by atoms with Gasteiger partial charge in [0.25, 0.3) is 5.69 Å². The molecule has 0 heterocycles. The maximum atomic E-state index is 12.2. The Hall–Kier alpha value is -1.30. The van der Waals surface area contributed by atoms with Crippen LogP contribution in [0.1, 0.15) is 5.56 Å². The molecule has 0 saturated heterocycles. The first-order chi connectivity index (χ1) is 6.34. The Morgan fingerprint density at radius 3 is 2.43 bits per heavy atom. The number of hydrogen-bond acceptors (Lipinski definition) is 2. The lowest BCUT2D eigenvalue weighted by molar-refractivity contribution is -0.385. The SMILES string of the molecule is O=[N+]([O-])c1c[c]cc(C(F)(F)F)c1Cl. The molecule has 0 aliphatic heterocycles. The highest BCUT2D eigenvalue weighted by molar-refractivity contribution is 6.33. The molecule has 1 aromatic carbocycles. The molecular weight excluding hydrogens is 223 g/mol. The molecule has 0 unspecified atom stereocenters. The van der Waals surface area contributed by atoms with E-state index in [1.54, 1.807) is 0 Å². The molecule has 0 fully saturated rings. The quantitative estimate of drug-likeness (QED) is 0.543. The summed E-state index contributed by atoms with van der Waals surface area (Å²) in [6.07, 6.45) is -4.71. The zero-order valence-corrected chi connectivity index (χ0v) is 7.19. The summed E-state index contributed by atoms with van der Waals surface area (Å²) in [5, 5.41) is 9.32. The number of halogens is 4. The maximum Gasteiger partial charge on any atom is 0.418 e. The maximum absolute atomic E-state index is 12.2. The summed E-state index contributed by atoms with van der Waals surface area (Å²) in [6, 6.07) is 3.37. The topological polar surface area (TPSA) is 43.1 Å². The van der Waals surface area contributed by atoms with E-state index in [0.717, 1.165) is 6.07 Å². The Kier molecular flexibility index (Phi) is 2.66. The molecule has 1 aromatic rings. The average Bonchev–Trinajstić information content (AvgIpc) is 2.01. The van der Waals surface area contributed by atoms with Gasteiger partial charge < -0.3 is 0 Å². The molecule has 3 nitrogen and oxygen atoms in total. The lowest BCUT2D eigenvalue weighted by atomic mass is 10.2. The number of nitro benzene ring substituents is 1. The molecule has 0 aliphatic rings. The fourth-order valence-electron chi connectivity index (χ4n) is 0.808. The van der Waals surface area contributed by atoms with Crippen molar-refractivity contribution in [2.24, 2.45) is 0 Å². The van der Waals surface area contributed by atoms with E-state index in [9.17, 15) is 23.3 Å². The largest absolute Gasteiger partial charge is 0.418 e.